The van der Waals surface area contributed by atoms with Gasteiger partial charge in [-0.05, 0) is 86.0 Å². The third kappa shape index (κ3) is 25.6. The number of amides is 5. The first-order valence-corrected chi connectivity index (χ1v) is 33.4. The number of piperidine rings is 1. The van der Waals surface area contributed by atoms with Gasteiger partial charge in [0.05, 0.1) is 64.7 Å². The number of Topliss-reactive ketones (excluding diaryl/α,β-unsaturated/α-hetero) is 2. The van der Waals surface area contributed by atoms with Crippen LogP contribution in [0, 0.1) is 19.3 Å². The summed E-state index contributed by atoms with van der Waals surface area (Å²) in [6.45, 7) is 5.99. The van der Waals surface area contributed by atoms with Crippen molar-refractivity contribution in [1.82, 2.24) is 50.6 Å². The SMILES string of the molecule is COC(=O)CCCCCCCCCCCCCCCCC(=O)N[C@@H](CCC(=O)NCCOCCOCC(=O)CCCOCCOCC(=O)NC[C@@]12C[C@@H](C(=O)Nc3nc(Br)ccc3C)N(C(=O)Cn3nc(C(C)=O)c4cc(-c5cnc(C)nc5)ncc43)[C@@H]1C2)C(=O)OC. The fourth-order valence-electron chi connectivity index (χ4n) is 11.3. The van der Waals surface area contributed by atoms with Crippen LogP contribution in [0.15, 0.2) is 41.4 Å². The summed E-state index contributed by atoms with van der Waals surface area (Å²) in [6, 6.07) is 3.09. The lowest BCUT2D eigenvalue weighted by molar-refractivity contribution is -0.145. The Morgan fingerprint density at radius 3 is 1.96 bits per heavy atom. The highest BCUT2D eigenvalue weighted by molar-refractivity contribution is 9.10. The molecule has 6 rings (SSSR count). The van der Waals surface area contributed by atoms with E-state index in [1.54, 1.807) is 42.5 Å². The number of hydrogen-bond acceptors (Lipinski definition) is 20. The number of carbonyl (C=O) groups is 9. The number of aryl methyl sites for hydroxylation is 2. The molecular weight excluding hydrogens is 1270 g/mol. The fraction of sp³-hybridized carbons (Fsp3) is 0.636. The van der Waals surface area contributed by atoms with Crippen LogP contribution in [0.25, 0.3) is 22.2 Å². The van der Waals surface area contributed by atoms with Gasteiger partial charge in [-0.25, -0.2) is 19.7 Å². The number of anilines is 1. The lowest BCUT2D eigenvalue weighted by Gasteiger charge is -2.27. The van der Waals surface area contributed by atoms with Crippen LogP contribution in [0.4, 0.5) is 5.82 Å². The van der Waals surface area contributed by atoms with Crippen molar-refractivity contribution >= 4 is 85.7 Å². The average Bonchev–Trinajstić information content (AvgIpc) is 1.54. The summed E-state index contributed by atoms with van der Waals surface area (Å²) in [7, 11) is 2.67. The van der Waals surface area contributed by atoms with Gasteiger partial charge in [0, 0.05) is 87.1 Å². The number of unbranched alkanes of at least 4 members (excludes halogenated alkanes) is 13. The quantitative estimate of drug-likeness (QED) is 0.0145. The van der Waals surface area contributed by atoms with Crippen molar-refractivity contribution in [2.75, 3.05) is 85.5 Å². The molecule has 0 radical (unpaired) electrons. The largest absolute Gasteiger partial charge is 0.469 e. The molecule has 4 aromatic heterocycles. The van der Waals surface area contributed by atoms with Crippen molar-refractivity contribution in [3.05, 3.63) is 58.5 Å². The maximum absolute atomic E-state index is 14.5. The molecular formula is C66H94BrN11O15. The molecule has 0 spiro atoms. The molecule has 2 fully saturated rings. The number of aromatic nitrogens is 6. The maximum atomic E-state index is 14.5. The first kappa shape index (κ1) is 74.8. The zero-order chi connectivity index (χ0) is 67.0. The molecule has 5 heterocycles. The molecule has 1 saturated carbocycles. The smallest absolute Gasteiger partial charge is 0.328 e. The molecule has 510 valence electrons. The number of ketones is 2. The highest BCUT2D eigenvalue weighted by Crippen LogP contribution is 2.59. The molecule has 27 heteroatoms. The number of carbonyl (C=O) groups excluding carboxylic acids is 9. The van der Waals surface area contributed by atoms with E-state index in [0.29, 0.717) is 70.7 Å². The van der Waals surface area contributed by atoms with Gasteiger partial charge in [0.15, 0.2) is 11.6 Å². The van der Waals surface area contributed by atoms with Crippen molar-refractivity contribution in [3.63, 3.8) is 0 Å². The number of likely N-dealkylation sites (tertiary alicyclic amines) is 1. The fourth-order valence-corrected chi connectivity index (χ4v) is 11.6. The number of esters is 2. The van der Waals surface area contributed by atoms with Crippen molar-refractivity contribution in [2.45, 2.75) is 187 Å². The van der Waals surface area contributed by atoms with Crippen LogP contribution < -0.4 is 21.3 Å². The monoisotopic (exact) mass is 1360 g/mol. The Morgan fingerprint density at radius 2 is 1.30 bits per heavy atom. The van der Waals surface area contributed by atoms with E-state index in [4.69, 9.17) is 23.7 Å². The van der Waals surface area contributed by atoms with E-state index < -0.39 is 35.3 Å². The average molecular weight is 1360 g/mol. The number of nitrogens with zero attached hydrogens (tertiary/aromatic N) is 7. The maximum Gasteiger partial charge on any atom is 0.328 e. The number of nitrogens with one attached hydrogen (secondary N) is 4. The van der Waals surface area contributed by atoms with Gasteiger partial charge in [-0.2, -0.15) is 5.10 Å². The van der Waals surface area contributed by atoms with Gasteiger partial charge in [0.1, 0.15) is 53.8 Å². The van der Waals surface area contributed by atoms with Crippen molar-refractivity contribution < 1.29 is 71.6 Å². The van der Waals surface area contributed by atoms with Crippen LogP contribution in [0.5, 0.6) is 0 Å². The number of pyridine rings is 2. The van der Waals surface area contributed by atoms with Crippen molar-refractivity contribution in [2.24, 2.45) is 5.41 Å². The molecule has 2 aliphatic rings. The van der Waals surface area contributed by atoms with Gasteiger partial charge in [-0.15, -0.1) is 0 Å². The lowest BCUT2D eigenvalue weighted by atomic mass is 9.99. The number of methoxy groups -OCH3 is 2. The molecule has 1 aliphatic carbocycles. The van der Waals surface area contributed by atoms with E-state index in [-0.39, 0.29) is 139 Å². The van der Waals surface area contributed by atoms with Gasteiger partial charge in [0.25, 0.3) is 0 Å². The van der Waals surface area contributed by atoms with Gasteiger partial charge in [0.2, 0.25) is 29.5 Å². The molecule has 0 unspecified atom stereocenters. The number of fused-ring (bicyclic) bond motifs is 2. The van der Waals surface area contributed by atoms with E-state index in [1.165, 1.54) is 77.2 Å². The predicted octanol–water partition coefficient (Wildman–Crippen LogP) is 7.36. The summed E-state index contributed by atoms with van der Waals surface area (Å²) in [5, 5.41) is 16.3. The van der Waals surface area contributed by atoms with Crippen molar-refractivity contribution in [3.8, 4) is 11.3 Å². The molecule has 1 saturated heterocycles. The Labute approximate surface area is 552 Å². The molecule has 93 heavy (non-hydrogen) atoms. The van der Waals surface area contributed by atoms with Crippen LogP contribution in [0.3, 0.4) is 0 Å². The Kier molecular flexibility index (Phi) is 32.3. The summed E-state index contributed by atoms with van der Waals surface area (Å²) < 4.78 is 33.6. The van der Waals surface area contributed by atoms with Crippen molar-refractivity contribution in [1.29, 1.82) is 0 Å². The van der Waals surface area contributed by atoms with E-state index in [9.17, 15) is 43.2 Å². The minimum Gasteiger partial charge on any atom is -0.469 e. The first-order valence-electron chi connectivity index (χ1n) is 32.6. The minimum atomic E-state index is -0.924. The lowest BCUT2D eigenvalue weighted by Crippen LogP contribution is -2.47. The second-order valence-corrected chi connectivity index (χ2v) is 24.7. The van der Waals surface area contributed by atoms with Gasteiger partial charge >= 0.3 is 11.9 Å². The number of hydrogen-bond donors (Lipinski definition) is 4. The molecule has 0 bridgehead atoms. The summed E-state index contributed by atoms with van der Waals surface area (Å²) >= 11 is 3.37. The Bertz CT molecular complexity index is 3110. The van der Waals surface area contributed by atoms with E-state index in [1.807, 2.05) is 13.0 Å². The van der Waals surface area contributed by atoms with Crippen LogP contribution >= 0.6 is 15.9 Å². The van der Waals surface area contributed by atoms with Gasteiger partial charge < -0.3 is 54.6 Å². The molecule has 4 aromatic rings. The molecule has 4 N–H and O–H groups in total. The molecule has 0 aromatic carbocycles. The summed E-state index contributed by atoms with van der Waals surface area (Å²) in [6.07, 6.45) is 22.8. The van der Waals surface area contributed by atoms with Crippen LogP contribution in [0.2, 0.25) is 0 Å². The minimum absolute atomic E-state index is 0.00513. The van der Waals surface area contributed by atoms with E-state index in [0.717, 1.165) is 44.1 Å². The van der Waals surface area contributed by atoms with E-state index in [2.05, 4.69) is 67.0 Å². The third-order valence-electron chi connectivity index (χ3n) is 16.6. The zero-order valence-corrected chi connectivity index (χ0v) is 56.2. The highest BCUT2D eigenvalue weighted by atomic mass is 79.9. The number of halogens is 1. The summed E-state index contributed by atoms with van der Waals surface area (Å²) in [5.41, 5.74) is 1.94. The topological polar surface area (TPSA) is 330 Å². The molecule has 4 atom stereocenters. The second kappa shape index (κ2) is 40.1. The molecule has 1 aliphatic heterocycles. The highest BCUT2D eigenvalue weighted by Gasteiger charge is 2.67. The van der Waals surface area contributed by atoms with Crippen LogP contribution in [-0.2, 0) is 73.3 Å². The van der Waals surface area contributed by atoms with Crippen LogP contribution in [-0.4, -0.2) is 186 Å². The third-order valence-corrected chi connectivity index (χ3v) is 17.0. The molecule has 26 nitrogen and oxygen atoms in total. The second-order valence-electron chi connectivity index (χ2n) is 23.9. The number of ether oxygens (including phenoxy) is 6. The standard InChI is InChI=1S/C66H94BrN11O15/c1-45-24-26-56(67)74-63(45)75-64(86)53-36-66(37-55(66)78(53)60(84)41-77-54-40-71-52(48-38-69-47(3)70-39-48)35-50(54)62(76-77)46(2)79)44-72-59(83)43-93-34-31-90-29-20-21-49(80)42-92-33-32-91-30-28-68-57(81)27-25-51(65(87)89-5)73-58(82)22-18-16-14-12-10-8-6-7-9-11-13-15-17-19-23-61(85)88-4/h24,26,35,38-40,51,53,55H,6-23,25,27-34,36-37,41-44H2,1-5H3,(H,68,81)(H,72,83)(H,73,82)(H,74,75,86)/t51-,53-,55+,66-/m0/s1. The Morgan fingerprint density at radius 1 is 0.667 bits per heavy atom. The summed E-state index contributed by atoms with van der Waals surface area (Å²) in [4.78, 5) is 135. The normalized spacial score (nSPS) is 15.9. The Hall–Kier alpha value is -7.20. The first-order chi connectivity index (χ1) is 44.9. The summed E-state index contributed by atoms with van der Waals surface area (Å²) in [5.74, 6) is -1.96. The number of rotatable bonds is 47. The molecule has 5 amide bonds. The van der Waals surface area contributed by atoms with Crippen LogP contribution in [0.1, 0.15) is 170 Å². The zero-order valence-electron chi connectivity index (χ0n) is 54.7. The van der Waals surface area contributed by atoms with Gasteiger partial charge in [-0.1, -0.05) is 83.1 Å². The van der Waals surface area contributed by atoms with Gasteiger partial charge in [-0.3, -0.25) is 48.0 Å². The Balaban J connectivity index is 0.773. The predicted molar refractivity (Wildman–Crippen MR) is 347 cm³/mol. The van der Waals surface area contributed by atoms with E-state index >= 15 is 0 Å².